The van der Waals surface area contributed by atoms with Gasteiger partial charge in [0, 0.05) is 6.42 Å². The van der Waals surface area contributed by atoms with E-state index in [1.54, 1.807) is 0 Å². The summed E-state index contributed by atoms with van der Waals surface area (Å²) in [5.74, 6) is 0.898. The molecule has 26 heavy (non-hydrogen) atoms. The lowest BCUT2D eigenvalue weighted by Crippen LogP contribution is -2.09. The third-order valence-electron chi connectivity index (χ3n) is 5.05. The van der Waals surface area contributed by atoms with Crippen molar-refractivity contribution in [2.45, 2.75) is 77.2 Å². The second-order valence-corrected chi connectivity index (χ2v) is 7.26. The Morgan fingerprint density at radius 3 is 2.54 bits per heavy atom. The van der Waals surface area contributed by atoms with Crippen LogP contribution in [0.3, 0.4) is 0 Å². The highest BCUT2D eigenvalue weighted by Gasteiger charge is 2.26. The zero-order chi connectivity index (χ0) is 18.6. The molecular formula is C23H35O3. The Hall–Kier alpha value is -1.32. The quantitative estimate of drug-likeness (QED) is 0.237. The van der Waals surface area contributed by atoms with E-state index in [4.69, 9.17) is 9.47 Å². The fraction of sp³-hybridized carbons (Fsp3) is 0.652. The fourth-order valence-electron chi connectivity index (χ4n) is 3.55. The Labute approximate surface area is 159 Å². The van der Waals surface area contributed by atoms with E-state index in [-0.39, 0.29) is 13.2 Å². The monoisotopic (exact) mass is 359 g/mol. The third kappa shape index (κ3) is 7.13. The normalized spacial score (nSPS) is 15.8. The van der Waals surface area contributed by atoms with Gasteiger partial charge in [-0.05, 0) is 42.0 Å². The average Bonchev–Trinajstić information content (AvgIpc) is 3.46. The molecule has 2 rings (SSSR count). The summed E-state index contributed by atoms with van der Waals surface area (Å²) >= 11 is 0. The molecule has 0 N–H and O–H groups in total. The zero-order valence-corrected chi connectivity index (χ0v) is 16.4. The lowest BCUT2D eigenvalue weighted by Gasteiger charge is -2.18. The van der Waals surface area contributed by atoms with E-state index in [9.17, 15) is 5.11 Å². The number of benzene rings is 1. The van der Waals surface area contributed by atoms with E-state index in [0.29, 0.717) is 6.10 Å². The van der Waals surface area contributed by atoms with Gasteiger partial charge in [0.05, 0.1) is 12.7 Å². The number of rotatable bonds is 15. The Bertz CT molecular complexity index is 534. The van der Waals surface area contributed by atoms with Crippen LogP contribution in [0.1, 0.15) is 68.6 Å². The lowest BCUT2D eigenvalue weighted by molar-refractivity contribution is 0.137. The van der Waals surface area contributed by atoms with Crippen LogP contribution >= 0.6 is 0 Å². The molecule has 1 aliphatic rings. The molecule has 1 saturated heterocycles. The number of allylic oxidation sites excluding steroid dienone is 1. The predicted molar refractivity (Wildman–Crippen MR) is 107 cm³/mol. The summed E-state index contributed by atoms with van der Waals surface area (Å²) in [5, 5.41) is 10.9. The molecule has 1 radical (unpaired) electrons. The van der Waals surface area contributed by atoms with E-state index in [1.807, 2.05) is 12.1 Å². The van der Waals surface area contributed by atoms with E-state index in [0.717, 1.165) is 31.6 Å². The second-order valence-electron chi connectivity index (χ2n) is 7.26. The molecule has 1 heterocycles. The van der Waals surface area contributed by atoms with Gasteiger partial charge in [0.25, 0.3) is 0 Å². The van der Waals surface area contributed by atoms with Gasteiger partial charge in [0.1, 0.15) is 19.0 Å². The van der Waals surface area contributed by atoms with Gasteiger partial charge < -0.3 is 9.47 Å². The Morgan fingerprint density at radius 2 is 1.88 bits per heavy atom. The van der Waals surface area contributed by atoms with Crippen LogP contribution in [-0.4, -0.2) is 25.9 Å². The van der Waals surface area contributed by atoms with Crippen LogP contribution in [0, 0.1) is 0 Å². The van der Waals surface area contributed by atoms with Gasteiger partial charge in [-0.2, -0.15) is 0 Å². The molecule has 1 fully saturated rings. The van der Waals surface area contributed by atoms with E-state index < -0.39 is 0 Å². The Balaban J connectivity index is 2.04. The first kappa shape index (κ1) is 21.0. The highest BCUT2D eigenvalue weighted by atomic mass is 16.6. The number of unbranched alkanes of at least 4 members (excludes halogenated alkanes) is 6. The molecule has 1 aliphatic heterocycles. The highest BCUT2D eigenvalue weighted by Crippen LogP contribution is 2.31. The first-order valence-electron chi connectivity index (χ1n) is 10.4. The summed E-state index contributed by atoms with van der Waals surface area (Å²) < 4.78 is 11.3. The van der Waals surface area contributed by atoms with Crippen LogP contribution in [0.4, 0.5) is 0 Å². The van der Waals surface area contributed by atoms with Crippen LogP contribution in [0.2, 0.25) is 0 Å². The molecule has 1 aromatic rings. The minimum atomic E-state index is -0.202. The standard InChI is InChI=1S/C23H35O3/c1-3-5-6-7-8-9-10-12-21-22(17-20-18-26-20)19(11-4-2)13-14-23(21)25-16-15-24/h4,13-14,20H,2-3,5-12,15-18H2,1H3. The molecule has 145 valence electrons. The van der Waals surface area contributed by atoms with Crippen LogP contribution in [0.25, 0.3) is 0 Å². The minimum absolute atomic E-state index is 0.202. The summed E-state index contributed by atoms with van der Waals surface area (Å²) in [6, 6.07) is 4.18. The van der Waals surface area contributed by atoms with Crippen molar-refractivity contribution in [2.24, 2.45) is 0 Å². The summed E-state index contributed by atoms with van der Waals surface area (Å²) in [4.78, 5) is 0. The molecule has 1 unspecified atom stereocenters. The topological polar surface area (TPSA) is 41.7 Å². The van der Waals surface area contributed by atoms with Gasteiger partial charge in [-0.15, -0.1) is 6.58 Å². The average molecular weight is 360 g/mol. The number of ether oxygens (including phenoxy) is 2. The number of epoxide rings is 1. The van der Waals surface area contributed by atoms with Gasteiger partial charge in [0.15, 0.2) is 0 Å². The molecule has 0 aromatic heterocycles. The summed E-state index contributed by atoms with van der Waals surface area (Å²) in [6.45, 7) is 7.05. The predicted octanol–water partition coefficient (Wildman–Crippen LogP) is 5.46. The van der Waals surface area contributed by atoms with Crippen molar-refractivity contribution in [3.63, 3.8) is 0 Å². The van der Waals surface area contributed by atoms with E-state index in [2.05, 4.69) is 19.6 Å². The second kappa shape index (κ2) is 12.1. The van der Waals surface area contributed by atoms with Gasteiger partial charge in [-0.1, -0.05) is 57.6 Å². The SMILES string of the molecule is C=CCc1ccc(OCC[O])c(CCCCCCCCC)c1CC1CO1. The Morgan fingerprint density at radius 1 is 1.15 bits per heavy atom. The summed E-state index contributed by atoms with van der Waals surface area (Å²) in [6.07, 6.45) is 14.2. The van der Waals surface area contributed by atoms with Crippen molar-refractivity contribution in [2.75, 3.05) is 19.8 Å². The molecule has 1 aromatic carbocycles. The molecule has 1 atom stereocenters. The summed E-state index contributed by atoms with van der Waals surface area (Å²) in [5.41, 5.74) is 3.98. The maximum atomic E-state index is 10.9. The van der Waals surface area contributed by atoms with E-state index >= 15 is 0 Å². The van der Waals surface area contributed by atoms with Gasteiger partial charge >= 0.3 is 0 Å². The maximum Gasteiger partial charge on any atom is 0.122 e. The van der Waals surface area contributed by atoms with Crippen molar-refractivity contribution >= 4 is 0 Å². The lowest BCUT2D eigenvalue weighted by atomic mass is 9.91. The number of hydrogen-bond donors (Lipinski definition) is 0. The van der Waals surface area contributed by atoms with Crippen LogP contribution < -0.4 is 4.74 Å². The third-order valence-corrected chi connectivity index (χ3v) is 5.05. The zero-order valence-electron chi connectivity index (χ0n) is 16.4. The van der Waals surface area contributed by atoms with Gasteiger partial charge in [-0.3, -0.25) is 0 Å². The highest BCUT2D eigenvalue weighted by molar-refractivity contribution is 5.46. The first-order chi connectivity index (χ1) is 12.8. The van der Waals surface area contributed by atoms with Crippen LogP contribution in [0.5, 0.6) is 5.75 Å². The summed E-state index contributed by atoms with van der Waals surface area (Å²) in [7, 11) is 0. The Kier molecular flexibility index (Phi) is 9.80. The fourth-order valence-corrected chi connectivity index (χ4v) is 3.55. The smallest absolute Gasteiger partial charge is 0.122 e. The molecule has 3 heteroatoms. The first-order valence-corrected chi connectivity index (χ1v) is 10.4. The van der Waals surface area contributed by atoms with Gasteiger partial charge in [-0.25, -0.2) is 5.11 Å². The van der Waals surface area contributed by atoms with E-state index in [1.165, 1.54) is 61.6 Å². The van der Waals surface area contributed by atoms with Gasteiger partial charge in [0.2, 0.25) is 0 Å². The molecule has 3 nitrogen and oxygen atoms in total. The molecule has 0 spiro atoms. The molecule has 0 aliphatic carbocycles. The minimum Gasteiger partial charge on any atom is -0.491 e. The van der Waals surface area contributed by atoms with Crippen molar-refractivity contribution in [1.82, 2.24) is 0 Å². The van der Waals surface area contributed by atoms with Crippen LogP contribution in [-0.2, 0) is 29.1 Å². The number of hydrogen-bond acceptors (Lipinski definition) is 2. The molecule has 0 amide bonds. The molecular weight excluding hydrogens is 324 g/mol. The van der Waals surface area contributed by atoms with Crippen molar-refractivity contribution in [1.29, 1.82) is 0 Å². The molecule has 0 bridgehead atoms. The van der Waals surface area contributed by atoms with Crippen molar-refractivity contribution < 1.29 is 14.6 Å². The maximum absolute atomic E-state index is 10.9. The largest absolute Gasteiger partial charge is 0.491 e. The van der Waals surface area contributed by atoms with Crippen LogP contribution in [0.15, 0.2) is 24.8 Å². The van der Waals surface area contributed by atoms with Crippen molar-refractivity contribution in [3.8, 4) is 5.75 Å². The molecule has 0 saturated carbocycles. The van der Waals surface area contributed by atoms with Crippen molar-refractivity contribution in [3.05, 3.63) is 41.5 Å².